The molecule has 0 unspecified atom stereocenters. The van der Waals surface area contributed by atoms with Crippen molar-refractivity contribution in [2.24, 2.45) is 0 Å². The maximum absolute atomic E-state index is 5.12. The van der Waals surface area contributed by atoms with Crippen LogP contribution in [0.25, 0.3) is 44.4 Å². The van der Waals surface area contributed by atoms with Crippen molar-refractivity contribution in [3.05, 3.63) is 95.1 Å². The fourth-order valence-electron chi connectivity index (χ4n) is 5.06. The summed E-state index contributed by atoms with van der Waals surface area (Å²) >= 11 is 0. The molecule has 4 heteroatoms. The van der Waals surface area contributed by atoms with Gasteiger partial charge in [-0.2, -0.15) is 0 Å². The maximum atomic E-state index is 5.12. The van der Waals surface area contributed by atoms with E-state index in [0.29, 0.717) is 0 Å². The SMILES string of the molecule is C=CC1=C(C)c2cc3nc(c(CC)c4[nH]c(cc4C)cc4cc(C)c(cc1n2)[nH]4)C(C)=C3C=C. The van der Waals surface area contributed by atoms with Gasteiger partial charge in [0.1, 0.15) is 0 Å². The molecule has 0 saturated heterocycles. The number of aromatic nitrogens is 4. The van der Waals surface area contributed by atoms with E-state index in [1.54, 1.807) is 0 Å². The molecule has 0 saturated carbocycles. The van der Waals surface area contributed by atoms with E-state index in [2.05, 4.69) is 88.1 Å². The zero-order chi connectivity index (χ0) is 24.1. The summed E-state index contributed by atoms with van der Waals surface area (Å²) in [5.41, 5.74) is 16.0. The van der Waals surface area contributed by atoms with E-state index in [1.165, 1.54) is 16.7 Å². The molecule has 3 aromatic rings. The lowest BCUT2D eigenvalue weighted by molar-refractivity contribution is 1.10. The third-order valence-corrected chi connectivity index (χ3v) is 6.90. The molecular formula is C30H30N4. The van der Waals surface area contributed by atoms with Crippen molar-refractivity contribution in [3.8, 4) is 0 Å². The lowest BCUT2D eigenvalue weighted by Gasteiger charge is -2.03. The van der Waals surface area contributed by atoms with Crippen LogP contribution < -0.4 is 0 Å². The van der Waals surface area contributed by atoms with E-state index in [0.717, 1.165) is 73.6 Å². The van der Waals surface area contributed by atoms with Crippen molar-refractivity contribution >= 4 is 44.4 Å². The highest BCUT2D eigenvalue weighted by molar-refractivity contribution is 6.00. The van der Waals surface area contributed by atoms with E-state index in [-0.39, 0.29) is 0 Å². The average Bonchev–Trinajstić information content (AvgIpc) is 3.50. The highest BCUT2D eigenvalue weighted by atomic mass is 14.8. The van der Waals surface area contributed by atoms with Crippen LogP contribution in [-0.4, -0.2) is 19.9 Å². The molecular weight excluding hydrogens is 416 g/mol. The fraction of sp³-hybridized carbons (Fsp3) is 0.200. The minimum absolute atomic E-state index is 0.869. The molecule has 8 bridgehead atoms. The first-order valence-corrected chi connectivity index (χ1v) is 11.7. The number of hydrogen-bond donors (Lipinski definition) is 2. The van der Waals surface area contributed by atoms with Crippen molar-refractivity contribution in [3.63, 3.8) is 0 Å². The molecule has 0 fully saturated rings. The van der Waals surface area contributed by atoms with Gasteiger partial charge in [-0.15, -0.1) is 0 Å². The van der Waals surface area contributed by atoms with E-state index in [9.17, 15) is 0 Å². The molecule has 0 amide bonds. The second-order valence-electron chi connectivity index (χ2n) is 9.08. The maximum Gasteiger partial charge on any atom is 0.0734 e. The van der Waals surface area contributed by atoms with Gasteiger partial charge >= 0.3 is 0 Å². The number of nitrogens with one attached hydrogen (secondary N) is 2. The molecule has 0 spiro atoms. The van der Waals surface area contributed by atoms with Crippen molar-refractivity contribution in [2.75, 3.05) is 0 Å². The Morgan fingerprint density at radius 2 is 1.38 bits per heavy atom. The summed E-state index contributed by atoms with van der Waals surface area (Å²) in [6, 6.07) is 10.7. The van der Waals surface area contributed by atoms with Crippen LogP contribution >= 0.6 is 0 Å². The number of allylic oxidation sites excluding steroid dienone is 6. The quantitative estimate of drug-likeness (QED) is 0.432. The topological polar surface area (TPSA) is 57.4 Å². The Morgan fingerprint density at radius 3 is 2.09 bits per heavy atom. The zero-order valence-corrected chi connectivity index (χ0v) is 20.6. The molecule has 5 heterocycles. The second-order valence-corrected chi connectivity index (χ2v) is 9.08. The Bertz CT molecular complexity index is 1600. The van der Waals surface area contributed by atoms with Gasteiger partial charge < -0.3 is 9.97 Å². The smallest absolute Gasteiger partial charge is 0.0734 e. The summed E-state index contributed by atoms with van der Waals surface area (Å²) in [4.78, 5) is 17.3. The van der Waals surface area contributed by atoms with Gasteiger partial charge in [0.25, 0.3) is 0 Å². The summed E-state index contributed by atoms with van der Waals surface area (Å²) in [5.74, 6) is 0. The Hall–Kier alpha value is -3.92. The second kappa shape index (κ2) is 8.14. The van der Waals surface area contributed by atoms with Gasteiger partial charge in [-0.25, -0.2) is 9.97 Å². The molecule has 3 aromatic heterocycles. The third kappa shape index (κ3) is 3.38. The number of hydrogen-bond acceptors (Lipinski definition) is 2. The molecule has 0 atom stereocenters. The van der Waals surface area contributed by atoms with Crippen molar-refractivity contribution in [2.45, 2.75) is 41.0 Å². The van der Waals surface area contributed by atoms with Gasteiger partial charge in [-0.05, 0) is 86.7 Å². The summed E-state index contributed by atoms with van der Waals surface area (Å²) in [6.45, 7) is 18.8. The normalized spacial score (nSPS) is 13.6. The number of rotatable bonds is 3. The lowest BCUT2D eigenvalue weighted by atomic mass is 10.0. The first-order chi connectivity index (χ1) is 16.3. The van der Waals surface area contributed by atoms with Crippen LogP contribution in [0.2, 0.25) is 0 Å². The molecule has 5 rings (SSSR count). The van der Waals surface area contributed by atoms with Crippen LogP contribution in [-0.2, 0) is 6.42 Å². The Kier molecular flexibility index (Phi) is 5.24. The molecule has 170 valence electrons. The van der Waals surface area contributed by atoms with Crippen LogP contribution in [0, 0.1) is 13.8 Å². The van der Waals surface area contributed by atoms with Gasteiger partial charge in [0.05, 0.1) is 22.8 Å². The Morgan fingerprint density at radius 1 is 0.735 bits per heavy atom. The van der Waals surface area contributed by atoms with Gasteiger partial charge in [-0.3, -0.25) is 0 Å². The summed E-state index contributed by atoms with van der Waals surface area (Å²) in [5, 5.41) is 0. The van der Waals surface area contributed by atoms with Gasteiger partial charge in [0.15, 0.2) is 0 Å². The van der Waals surface area contributed by atoms with E-state index in [1.807, 2.05) is 12.2 Å². The van der Waals surface area contributed by atoms with Crippen molar-refractivity contribution in [1.29, 1.82) is 0 Å². The van der Waals surface area contributed by atoms with Crippen LogP contribution in [0.3, 0.4) is 0 Å². The highest BCUT2D eigenvalue weighted by Crippen LogP contribution is 2.36. The average molecular weight is 447 g/mol. The van der Waals surface area contributed by atoms with E-state index < -0.39 is 0 Å². The van der Waals surface area contributed by atoms with Crippen molar-refractivity contribution < 1.29 is 0 Å². The standard InChI is InChI=1S/C30H30N4/c1-8-22-18(6)26-15-28-23(9-2)19(7)30(34-28)24(10-3)29-17(5)12-21(32-29)13-20-11-16(4)25(31-20)14-27(22)33-26/h8-9,11-15,31-32H,1-2,10H2,3-7H3. The molecule has 0 aliphatic carbocycles. The third-order valence-electron chi connectivity index (χ3n) is 6.90. The van der Waals surface area contributed by atoms with E-state index in [4.69, 9.17) is 9.97 Å². The summed E-state index contributed by atoms with van der Waals surface area (Å²) in [6.07, 6.45) is 4.66. The van der Waals surface area contributed by atoms with Crippen LogP contribution in [0.15, 0.2) is 55.6 Å². The minimum atomic E-state index is 0.869. The van der Waals surface area contributed by atoms with Crippen LogP contribution in [0.4, 0.5) is 0 Å². The summed E-state index contributed by atoms with van der Waals surface area (Å²) in [7, 11) is 0. The number of aryl methyl sites for hydroxylation is 3. The number of nitrogens with zero attached hydrogens (tertiary/aromatic N) is 2. The number of aromatic amines is 2. The van der Waals surface area contributed by atoms with Crippen LogP contribution in [0.5, 0.6) is 0 Å². The van der Waals surface area contributed by atoms with E-state index >= 15 is 0 Å². The molecule has 0 radical (unpaired) electrons. The minimum Gasteiger partial charge on any atom is -0.355 e. The zero-order valence-electron chi connectivity index (χ0n) is 20.6. The van der Waals surface area contributed by atoms with Gasteiger partial charge in [0.2, 0.25) is 0 Å². The molecule has 4 nitrogen and oxygen atoms in total. The van der Waals surface area contributed by atoms with Gasteiger partial charge in [-0.1, -0.05) is 32.2 Å². The Balaban J connectivity index is 2.01. The monoisotopic (exact) mass is 446 g/mol. The van der Waals surface area contributed by atoms with Crippen molar-refractivity contribution in [1.82, 2.24) is 19.9 Å². The molecule has 34 heavy (non-hydrogen) atoms. The number of fused-ring (bicyclic) bond motifs is 8. The summed E-state index contributed by atoms with van der Waals surface area (Å²) < 4.78 is 0. The lowest BCUT2D eigenvalue weighted by Crippen LogP contribution is -1.91. The molecule has 2 N–H and O–H groups in total. The number of H-pyrrole nitrogens is 2. The Labute approximate surface area is 200 Å². The first kappa shape index (κ1) is 21.9. The molecule has 2 aliphatic rings. The first-order valence-electron chi connectivity index (χ1n) is 11.7. The predicted octanol–water partition coefficient (Wildman–Crippen LogP) is 7.73. The predicted molar refractivity (Wildman–Crippen MR) is 145 cm³/mol. The molecule has 2 aliphatic heterocycles. The molecule has 0 aromatic carbocycles. The fourth-order valence-corrected chi connectivity index (χ4v) is 5.06. The largest absolute Gasteiger partial charge is 0.355 e. The van der Waals surface area contributed by atoms with Gasteiger partial charge in [0, 0.05) is 38.8 Å². The highest BCUT2D eigenvalue weighted by Gasteiger charge is 2.21. The van der Waals surface area contributed by atoms with Crippen LogP contribution in [0.1, 0.15) is 60.2 Å².